The van der Waals surface area contributed by atoms with Crippen LogP contribution in [0.2, 0.25) is 0 Å². The molecule has 1 aromatic rings. The van der Waals surface area contributed by atoms with Crippen LogP contribution >= 0.6 is 0 Å². The van der Waals surface area contributed by atoms with Crippen molar-refractivity contribution in [3.63, 3.8) is 0 Å². The van der Waals surface area contributed by atoms with Crippen molar-refractivity contribution >= 4 is 11.5 Å². The van der Waals surface area contributed by atoms with Crippen molar-refractivity contribution in [3.8, 4) is 0 Å². The predicted octanol–water partition coefficient (Wildman–Crippen LogP) is 7.14. The van der Waals surface area contributed by atoms with Crippen LogP contribution in [0.25, 0.3) is 5.57 Å². The molecule has 1 aromatic carbocycles. The second-order valence-electron chi connectivity index (χ2n) is 14.8. The van der Waals surface area contributed by atoms with Gasteiger partial charge < -0.3 is 16.2 Å². The number of hydrogen-bond donors (Lipinski definition) is 3. The molecular formula is C34H50N2O2. The van der Waals surface area contributed by atoms with Crippen LogP contribution in [0.15, 0.2) is 30.3 Å². The van der Waals surface area contributed by atoms with Gasteiger partial charge in [-0.25, -0.2) is 4.79 Å². The summed E-state index contributed by atoms with van der Waals surface area (Å²) in [6, 6.07) is 7.62. The number of carboxylic acids is 1. The monoisotopic (exact) mass is 518 g/mol. The quantitative estimate of drug-likeness (QED) is 0.387. The van der Waals surface area contributed by atoms with Crippen LogP contribution in [0.1, 0.15) is 108 Å². The zero-order chi connectivity index (χ0) is 26.9. The summed E-state index contributed by atoms with van der Waals surface area (Å²) in [7, 11) is 0. The van der Waals surface area contributed by atoms with Crippen LogP contribution in [0.5, 0.6) is 0 Å². The molecule has 8 unspecified atom stereocenters. The van der Waals surface area contributed by atoms with Gasteiger partial charge in [-0.15, -0.1) is 0 Å². The topological polar surface area (TPSA) is 75.3 Å². The van der Waals surface area contributed by atoms with Gasteiger partial charge in [0.1, 0.15) is 0 Å². The average molecular weight is 519 g/mol. The summed E-state index contributed by atoms with van der Waals surface area (Å²) in [6.07, 6.45) is 16.1. The Balaban J connectivity index is 1.29. The molecular weight excluding hydrogens is 468 g/mol. The third-order valence-electron chi connectivity index (χ3n) is 13.2. The van der Waals surface area contributed by atoms with Gasteiger partial charge in [0, 0.05) is 18.6 Å². The maximum Gasteiger partial charge on any atom is 0.335 e. The molecule has 6 rings (SSSR count). The van der Waals surface area contributed by atoms with Crippen LogP contribution in [0.4, 0.5) is 0 Å². The van der Waals surface area contributed by atoms with E-state index in [1.54, 1.807) is 12.1 Å². The molecule has 208 valence electrons. The first-order valence-corrected chi connectivity index (χ1v) is 15.6. The Labute approximate surface area is 230 Å². The number of carbonyl (C=O) groups is 1. The molecule has 5 aliphatic rings. The van der Waals surface area contributed by atoms with Crippen LogP contribution in [-0.4, -0.2) is 29.7 Å². The number of aromatic carboxylic acids is 1. The molecule has 4 nitrogen and oxygen atoms in total. The minimum atomic E-state index is -0.851. The smallest absolute Gasteiger partial charge is 0.335 e. The molecule has 0 saturated heterocycles. The number of allylic oxidation sites excluding steroid dienone is 2. The number of hydrogen-bond acceptors (Lipinski definition) is 3. The van der Waals surface area contributed by atoms with Gasteiger partial charge in [0.25, 0.3) is 0 Å². The van der Waals surface area contributed by atoms with Crippen molar-refractivity contribution in [2.75, 3.05) is 13.1 Å². The van der Waals surface area contributed by atoms with E-state index in [9.17, 15) is 9.90 Å². The summed E-state index contributed by atoms with van der Waals surface area (Å²) in [5, 5.41) is 13.4. The lowest BCUT2D eigenvalue weighted by molar-refractivity contribution is -0.172. The Hall–Kier alpha value is -1.65. The standard InChI is InChI=1S/C34H50N2O2/c1-31(2)25(22-7-9-23(10-8-22)30(37)38)13-17-33(4)28(31)15-18-32(3)26-14-19-34(36-21-20-35)16-5-6-27(34)24(26)11-12-29(32)33/h7-10,13,24,26-29,36H,5-6,11-12,14-21,35H2,1-4H3,(H,37,38). The van der Waals surface area contributed by atoms with Gasteiger partial charge in [-0.05, 0) is 127 Å². The first-order valence-electron chi connectivity index (χ1n) is 15.6. The van der Waals surface area contributed by atoms with E-state index < -0.39 is 5.97 Å². The summed E-state index contributed by atoms with van der Waals surface area (Å²) in [4.78, 5) is 11.4. The van der Waals surface area contributed by atoms with E-state index in [0.717, 1.165) is 43.2 Å². The van der Waals surface area contributed by atoms with Crippen molar-refractivity contribution in [2.24, 2.45) is 51.6 Å². The average Bonchev–Trinajstić information content (AvgIpc) is 3.32. The first kappa shape index (κ1) is 26.6. The third-order valence-corrected chi connectivity index (χ3v) is 13.2. The van der Waals surface area contributed by atoms with Gasteiger partial charge in [-0.3, -0.25) is 0 Å². The molecule has 0 heterocycles. The summed E-state index contributed by atoms with van der Waals surface area (Å²) < 4.78 is 0. The van der Waals surface area contributed by atoms with E-state index in [2.05, 4.69) is 39.1 Å². The molecule has 0 spiro atoms. The lowest BCUT2D eigenvalue weighted by Crippen LogP contribution is -2.63. The predicted molar refractivity (Wildman–Crippen MR) is 155 cm³/mol. The van der Waals surface area contributed by atoms with Gasteiger partial charge in [-0.1, -0.05) is 52.3 Å². The molecule has 8 atom stereocenters. The molecule has 4 saturated carbocycles. The largest absolute Gasteiger partial charge is 0.478 e. The molecule has 0 aromatic heterocycles. The molecule has 5 aliphatic carbocycles. The fraction of sp³-hybridized carbons (Fsp3) is 0.735. The third kappa shape index (κ3) is 3.72. The highest BCUT2D eigenvalue weighted by Crippen LogP contribution is 2.72. The zero-order valence-corrected chi connectivity index (χ0v) is 24.2. The highest BCUT2D eigenvalue weighted by molar-refractivity contribution is 5.88. The number of nitrogens with one attached hydrogen (secondary N) is 1. The van der Waals surface area contributed by atoms with Crippen molar-refractivity contribution < 1.29 is 9.90 Å². The molecule has 0 aliphatic heterocycles. The summed E-state index contributed by atoms with van der Waals surface area (Å²) in [5.74, 6) is 3.19. The van der Waals surface area contributed by atoms with Gasteiger partial charge in [0.2, 0.25) is 0 Å². The van der Waals surface area contributed by atoms with E-state index in [1.165, 1.54) is 68.9 Å². The fourth-order valence-electron chi connectivity index (χ4n) is 11.7. The number of rotatable bonds is 5. The number of nitrogens with two attached hydrogens (primary N) is 1. The minimum absolute atomic E-state index is 0.0786. The molecule has 0 bridgehead atoms. The Bertz CT molecular complexity index is 1110. The van der Waals surface area contributed by atoms with E-state index in [0.29, 0.717) is 27.9 Å². The summed E-state index contributed by atoms with van der Waals surface area (Å²) in [5.41, 5.74) is 10.2. The van der Waals surface area contributed by atoms with Crippen molar-refractivity contribution in [1.29, 1.82) is 0 Å². The summed E-state index contributed by atoms with van der Waals surface area (Å²) in [6.45, 7) is 12.0. The Morgan fingerprint density at radius 3 is 2.39 bits per heavy atom. The van der Waals surface area contributed by atoms with Crippen LogP contribution in [-0.2, 0) is 0 Å². The summed E-state index contributed by atoms with van der Waals surface area (Å²) >= 11 is 0. The van der Waals surface area contributed by atoms with Gasteiger partial charge in [0.05, 0.1) is 5.56 Å². The van der Waals surface area contributed by atoms with Crippen molar-refractivity contribution in [1.82, 2.24) is 5.32 Å². The number of fused-ring (bicyclic) bond motifs is 7. The van der Waals surface area contributed by atoms with Crippen LogP contribution in [0, 0.1) is 45.8 Å². The van der Waals surface area contributed by atoms with Gasteiger partial charge in [-0.2, -0.15) is 0 Å². The minimum Gasteiger partial charge on any atom is -0.478 e. The maximum atomic E-state index is 11.4. The molecule has 0 radical (unpaired) electrons. The number of carboxylic acid groups (broad SMARTS) is 1. The molecule has 4 heteroatoms. The van der Waals surface area contributed by atoms with E-state index in [-0.39, 0.29) is 5.41 Å². The first-order chi connectivity index (χ1) is 18.1. The molecule has 4 fully saturated rings. The zero-order valence-electron chi connectivity index (χ0n) is 24.2. The Kier molecular flexibility index (Phi) is 6.43. The number of benzene rings is 1. The van der Waals surface area contributed by atoms with Gasteiger partial charge >= 0.3 is 5.97 Å². The molecule has 0 amide bonds. The van der Waals surface area contributed by atoms with E-state index in [1.807, 2.05) is 12.1 Å². The van der Waals surface area contributed by atoms with E-state index >= 15 is 0 Å². The lowest BCUT2D eigenvalue weighted by atomic mass is 9.37. The van der Waals surface area contributed by atoms with Crippen molar-refractivity contribution in [2.45, 2.75) is 97.4 Å². The lowest BCUT2D eigenvalue weighted by Gasteiger charge is -2.68. The Morgan fingerprint density at radius 2 is 1.68 bits per heavy atom. The Morgan fingerprint density at radius 1 is 0.921 bits per heavy atom. The van der Waals surface area contributed by atoms with Crippen LogP contribution in [0.3, 0.4) is 0 Å². The SMILES string of the molecule is CC1(C)C(c2ccc(C(=O)O)cc2)=CCC2(C)C1CCC1(C)C3CCC4(NCCN)CCCC4C3CCC12. The van der Waals surface area contributed by atoms with E-state index in [4.69, 9.17) is 5.73 Å². The van der Waals surface area contributed by atoms with Gasteiger partial charge in [0.15, 0.2) is 0 Å². The highest BCUT2D eigenvalue weighted by Gasteiger charge is 2.65. The second-order valence-corrected chi connectivity index (χ2v) is 14.8. The maximum absolute atomic E-state index is 11.4. The van der Waals surface area contributed by atoms with Crippen molar-refractivity contribution in [3.05, 3.63) is 41.5 Å². The molecule has 38 heavy (non-hydrogen) atoms. The van der Waals surface area contributed by atoms with Crippen LogP contribution < -0.4 is 11.1 Å². The second kappa shape index (κ2) is 9.20. The molecule has 4 N–H and O–H groups in total. The highest BCUT2D eigenvalue weighted by atomic mass is 16.4. The fourth-order valence-corrected chi connectivity index (χ4v) is 11.7. The normalized spacial score (nSPS) is 43.3.